The van der Waals surface area contributed by atoms with E-state index in [0.717, 1.165) is 28.4 Å². The largest absolute Gasteiger partial charge is 0.480 e. The molecule has 0 radical (unpaired) electrons. The van der Waals surface area contributed by atoms with Crippen LogP contribution in [0.5, 0.6) is 0 Å². The molecule has 0 aromatic heterocycles. The van der Waals surface area contributed by atoms with Gasteiger partial charge in [0.2, 0.25) is 5.91 Å². The summed E-state index contributed by atoms with van der Waals surface area (Å²) in [5.41, 5.74) is 2.20. The molecule has 23 heavy (non-hydrogen) atoms. The molecule has 1 amide bonds. The Labute approximate surface area is 144 Å². The highest BCUT2D eigenvalue weighted by Crippen LogP contribution is 2.19. The van der Waals surface area contributed by atoms with Crippen LogP contribution in [-0.2, 0) is 20.7 Å². The summed E-state index contributed by atoms with van der Waals surface area (Å²) >= 11 is 3.45. The molecule has 1 heterocycles. The number of aryl methyl sites for hydroxylation is 2. The number of carbonyl (C=O) groups excluding carboxylic acids is 1. The molecule has 1 N–H and O–H groups in total. The highest BCUT2D eigenvalue weighted by atomic mass is 79.9. The predicted octanol–water partition coefficient (Wildman–Crippen LogP) is 2.78. The lowest BCUT2D eigenvalue weighted by molar-refractivity contribution is -0.145. The van der Waals surface area contributed by atoms with Gasteiger partial charge in [0, 0.05) is 24.0 Å². The van der Waals surface area contributed by atoms with Gasteiger partial charge in [0.25, 0.3) is 0 Å². The van der Waals surface area contributed by atoms with E-state index < -0.39 is 5.97 Å². The second-order valence-electron chi connectivity index (χ2n) is 5.89. The number of halogens is 1. The molecule has 1 saturated heterocycles. The van der Waals surface area contributed by atoms with Gasteiger partial charge >= 0.3 is 5.97 Å². The maximum atomic E-state index is 12.4. The maximum Gasteiger partial charge on any atom is 0.323 e. The van der Waals surface area contributed by atoms with Crippen LogP contribution < -0.4 is 0 Å². The highest BCUT2D eigenvalue weighted by molar-refractivity contribution is 9.10. The summed E-state index contributed by atoms with van der Waals surface area (Å²) in [6, 6.07) is 5.99. The van der Waals surface area contributed by atoms with Crippen LogP contribution in [0.25, 0.3) is 0 Å². The van der Waals surface area contributed by atoms with E-state index in [1.807, 2.05) is 25.1 Å². The molecule has 1 fully saturated rings. The molecule has 1 aromatic carbocycles. The Hall–Kier alpha value is -1.40. The number of hydrogen-bond donors (Lipinski definition) is 1. The minimum atomic E-state index is -0.990. The molecule has 5 nitrogen and oxygen atoms in total. The number of hydrogen-bond acceptors (Lipinski definition) is 3. The monoisotopic (exact) mass is 383 g/mol. The van der Waals surface area contributed by atoms with Crippen molar-refractivity contribution >= 4 is 27.8 Å². The maximum absolute atomic E-state index is 12.4. The van der Waals surface area contributed by atoms with Crippen molar-refractivity contribution in [1.29, 1.82) is 0 Å². The molecule has 6 heteroatoms. The van der Waals surface area contributed by atoms with Gasteiger partial charge in [0.1, 0.15) is 6.54 Å². The minimum absolute atomic E-state index is 0.0341. The summed E-state index contributed by atoms with van der Waals surface area (Å²) in [5, 5.41) is 9.02. The SMILES string of the molecule is Cc1cc(CCC(=O)N(CC(=O)O)C[C@@H]2CCCO2)ccc1Br. The second kappa shape index (κ2) is 8.45. The fourth-order valence-electron chi connectivity index (χ4n) is 2.72. The molecular weight excluding hydrogens is 362 g/mol. The van der Waals surface area contributed by atoms with E-state index in [0.29, 0.717) is 26.0 Å². The number of aliphatic carboxylic acids is 1. The van der Waals surface area contributed by atoms with Crippen molar-refractivity contribution in [2.75, 3.05) is 19.7 Å². The van der Waals surface area contributed by atoms with Gasteiger partial charge in [0.15, 0.2) is 0 Å². The van der Waals surface area contributed by atoms with E-state index in [-0.39, 0.29) is 18.6 Å². The summed E-state index contributed by atoms with van der Waals surface area (Å²) in [5.74, 6) is -1.13. The van der Waals surface area contributed by atoms with Crippen molar-refractivity contribution in [2.24, 2.45) is 0 Å². The number of rotatable bonds is 7. The number of amides is 1. The van der Waals surface area contributed by atoms with Gasteiger partial charge < -0.3 is 14.7 Å². The number of carboxylic acid groups (broad SMARTS) is 1. The van der Waals surface area contributed by atoms with Crippen molar-refractivity contribution in [3.63, 3.8) is 0 Å². The fourth-order valence-corrected chi connectivity index (χ4v) is 2.97. The molecule has 0 aliphatic carbocycles. The van der Waals surface area contributed by atoms with Gasteiger partial charge in [-0.3, -0.25) is 9.59 Å². The smallest absolute Gasteiger partial charge is 0.323 e. The molecule has 1 atom stereocenters. The van der Waals surface area contributed by atoms with E-state index in [9.17, 15) is 9.59 Å². The molecule has 0 spiro atoms. The molecule has 126 valence electrons. The summed E-state index contributed by atoms with van der Waals surface area (Å²) in [6.07, 6.45) is 2.73. The predicted molar refractivity (Wildman–Crippen MR) is 90.4 cm³/mol. The number of carboxylic acids is 1. The first kappa shape index (κ1) is 17.9. The summed E-state index contributed by atoms with van der Waals surface area (Å²) < 4.78 is 6.56. The zero-order valence-electron chi connectivity index (χ0n) is 13.3. The quantitative estimate of drug-likeness (QED) is 0.785. The van der Waals surface area contributed by atoms with Crippen LogP contribution in [0.2, 0.25) is 0 Å². The first-order valence-electron chi connectivity index (χ1n) is 7.82. The molecule has 1 aliphatic heterocycles. The van der Waals surface area contributed by atoms with Gasteiger partial charge in [-0.15, -0.1) is 0 Å². The van der Waals surface area contributed by atoms with Crippen molar-refractivity contribution < 1.29 is 19.4 Å². The minimum Gasteiger partial charge on any atom is -0.480 e. The average molecular weight is 384 g/mol. The molecule has 1 aromatic rings. The lowest BCUT2D eigenvalue weighted by Crippen LogP contribution is -2.40. The third-order valence-corrected chi connectivity index (χ3v) is 4.87. The second-order valence-corrected chi connectivity index (χ2v) is 6.74. The van der Waals surface area contributed by atoms with Gasteiger partial charge in [-0.25, -0.2) is 0 Å². The summed E-state index contributed by atoms with van der Waals surface area (Å²) in [6.45, 7) is 2.80. The number of ether oxygens (including phenoxy) is 1. The van der Waals surface area contributed by atoms with Crippen molar-refractivity contribution in [1.82, 2.24) is 4.90 Å². The Balaban J connectivity index is 1.92. The molecule has 1 aliphatic rings. The fraction of sp³-hybridized carbons (Fsp3) is 0.529. The Morgan fingerprint density at radius 3 is 2.83 bits per heavy atom. The first-order valence-corrected chi connectivity index (χ1v) is 8.61. The number of carbonyl (C=O) groups is 2. The van der Waals surface area contributed by atoms with Crippen LogP contribution in [0.1, 0.15) is 30.4 Å². The van der Waals surface area contributed by atoms with Gasteiger partial charge in [-0.05, 0) is 43.4 Å². The van der Waals surface area contributed by atoms with Crippen molar-refractivity contribution in [2.45, 2.75) is 38.7 Å². The molecule has 0 saturated carbocycles. The Bertz CT molecular complexity index is 570. The Morgan fingerprint density at radius 1 is 1.43 bits per heavy atom. The van der Waals surface area contributed by atoms with Crippen LogP contribution in [0.4, 0.5) is 0 Å². The zero-order chi connectivity index (χ0) is 16.8. The average Bonchev–Trinajstić information content (AvgIpc) is 3.00. The molecule has 0 bridgehead atoms. The third-order valence-electron chi connectivity index (χ3n) is 3.98. The van der Waals surface area contributed by atoms with Crippen molar-refractivity contribution in [3.05, 3.63) is 33.8 Å². The van der Waals surface area contributed by atoms with Crippen LogP contribution in [-0.4, -0.2) is 47.7 Å². The molecular formula is C17H22BrNO4. The van der Waals surface area contributed by atoms with Gasteiger partial charge in [-0.2, -0.15) is 0 Å². The van der Waals surface area contributed by atoms with Gasteiger partial charge in [-0.1, -0.05) is 28.1 Å². The van der Waals surface area contributed by atoms with Crippen LogP contribution >= 0.6 is 15.9 Å². The van der Waals surface area contributed by atoms with Crippen LogP contribution in [0.15, 0.2) is 22.7 Å². The van der Waals surface area contributed by atoms with Crippen molar-refractivity contribution in [3.8, 4) is 0 Å². The van der Waals surface area contributed by atoms with Crippen LogP contribution in [0.3, 0.4) is 0 Å². The first-order chi connectivity index (χ1) is 11.0. The summed E-state index contributed by atoms with van der Waals surface area (Å²) in [7, 11) is 0. The van der Waals surface area contributed by atoms with E-state index in [2.05, 4.69) is 15.9 Å². The normalized spacial score (nSPS) is 17.2. The van der Waals surface area contributed by atoms with E-state index in [1.165, 1.54) is 4.90 Å². The summed E-state index contributed by atoms with van der Waals surface area (Å²) in [4.78, 5) is 24.8. The molecule has 0 unspecified atom stereocenters. The topological polar surface area (TPSA) is 66.8 Å². The van der Waals surface area contributed by atoms with E-state index in [1.54, 1.807) is 0 Å². The van der Waals surface area contributed by atoms with E-state index >= 15 is 0 Å². The van der Waals surface area contributed by atoms with E-state index in [4.69, 9.17) is 9.84 Å². The third kappa shape index (κ3) is 5.62. The number of benzene rings is 1. The number of nitrogens with zero attached hydrogens (tertiary/aromatic N) is 1. The standard InChI is InChI=1S/C17H22BrNO4/c1-12-9-13(4-6-15(12)18)5-7-16(20)19(11-17(21)22)10-14-3-2-8-23-14/h4,6,9,14H,2-3,5,7-8,10-11H2,1H3,(H,21,22)/t14-/m0/s1. The Kier molecular flexibility index (Phi) is 6.59. The highest BCUT2D eigenvalue weighted by Gasteiger charge is 2.24. The van der Waals surface area contributed by atoms with Gasteiger partial charge in [0.05, 0.1) is 6.10 Å². The van der Waals surface area contributed by atoms with Crippen LogP contribution in [0, 0.1) is 6.92 Å². The zero-order valence-corrected chi connectivity index (χ0v) is 14.8. The Morgan fingerprint density at radius 2 is 2.22 bits per heavy atom. The lowest BCUT2D eigenvalue weighted by atomic mass is 10.1. The lowest BCUT2D eigenvalue weighted by Gasteiger charge is -2.24. The molecule has 2 rings (SSSR count).